The van der Waals surface area contributed by atoms with Crippen LogP contribution in [0.3, 0.4) is 0 Å². The van der Waals surface area contributed by atoms with E-state index in [1.165, 1.54) is 30.3 Å². The molecule has 31 heavy (non-hydrogen) atoms. The van der Waals surface area contributed by atoms with Gasteiger partial charge in [0.1, 0.15) is 12.4 Å². The van der Waals surface area contributed by atoms with E-state index in [0.717, 1.165) is 12.8 Å². The summed E-state index contributed by atoms with van der Waals surface area (Å²) in [7, 11) is -6.44. The molecular formula is C20H29N3O6S2. The van der Waals surface area contributed by atoms with Crippen LogP contribution in [0.1, 0.15) is 25.3 Å². The fraction of sp³-hybridized carbons (Fsp3) is 0.400. The first-order chi connectivity index (χ1) is 14.6. The van der Waals surface area contributed by atoms with Gasteiger partial charge in [-0.3, -0.25) is 4.72 Å². The van der Waals surface area contributed by atoms with Crippen LogP contribution in [0.15, 0.2) is 46.2 Å². The number of nitrogens with one attached hydrogen (secondary N) is 2. The quantitative estimate of drug-likeness (QED) is 0.405. The van der Waals surface area contributed by atoms with Crippen molar-refractivity contribution in [3.05, 3.63) is 42.0 Å². The van der Waals surface area contributed by atoms with Crippen molar-refractivity contribution in [2.24, 2.45) is 5.14 Å². The minimum absolute atomic E-state index is 0.0182. The molecule has 0 aromatic heterocycles. The minimum Gasteiger partial charge on any atom is -0.491 e. The first-order valence-electron chi connectivity index (χ1n) is 9.74. The SMILES string of the molecule is CCCCNc1ccc(S(N)(=O)=O)cc1NS(=O)(=O)c1ccc(OCCOC)c(C)c1. The van der Waals surface area contributed by atoms with Crippen molar-refractivity contribution in [2.75, 3.05) is 36.9 Å². The number of unbranched alkanes of at least 4 members (excludes halogenated alkanes) is 1. The zero-order chi connectivity index (χ0) is 23.1. The molecule has 9 nitrogen and oxygen atoms in total. The number of sulfonamides is 2. The Bertz CT molecular complexity index is 1100. The molecule has 0 bridgehead atoms. The fourth-order valence-electron chi connectivity index (χ4n) is 2.73. The van der Waals surface area contributed by atoms with E-state index >= 15 is 0 Å². The van der Waals surface area contributed by atoms with Gasteiger partial charge in [0.15, 0.2) is 0 Å². The van der Waals surface area contributed by atoms with Gasteiger partial charge in [0, 0.05) is 13.7 Å². The van der Waals surface area contributed by atoms with E-state index in [-0.39, 0.29) is 15.5 Å². The zero-order valence-corrected chi connectivity index (χ0v) is 19.5. The minimum atomic E-state index is -4.00. The Morgan fingerprint density at radius 2 is 1.68 bits per heavy atom. The van der Waals surface area contributed by atoms with Crippen molar-refractivity contribution in [2.45, 2.75) is 36.5 Å². The fourth-order valence-corrected chi connectivity index (χ4v) is 4.42. The molecule has 172 valence electrons. The molecule has 0 amide bonds. The number of nitrogens with two attached hydrogens (primary N) is 1. The maximum atomic E-state index is 13.0. The molecule has 0 aliphatic rings. The number of rotatable bonds is 12. The number of hydrogen-bond acceptors (Lipinski definition) is 7. The maximum Gasteiger partial charge on any atom is 0.261 e. The number of hydrogen-bond donors (Lipinski definition) is 3. The van der Waals surface area contributed by atoms with Gasteiger partial charge in [-0.15, -0.1) is 0 Å². The topological polar surface area (TPSA) is 137 Å². The smallest absolute Gasteiger partial charge is 0.261 e. The van der Waals surface area contributed by atoms with Crippen molar-refractivity contribution in [1.29, 1.82) is 0 Å². The summed E-state index contributed by atoms with van der Waals surface area (Å²) in [6.07, 6.45) is 1.81. The molecule has 0 saturated carbocycles. The second kappa shape index (κ2) is 10.8. The molecule has 0 heterocycles. The number of anilines is 2. The molecule has 0 aliphatic carbocycles. The molecule has 0 atom stereocenters. The summed E-state index contributed by atoms with van der Waals surface area (Å²) >= 11 is 0. The monoisotopic (exact) mass is 471 g/mol. The highest BCUT2D eigenvalue weighted by atomic mass is 32.2. The summed E-state index contributed by atoms with van der Waals surface area (Å²) in [5, 5.41) is 8.33. The molecule has 2 rings (SSSR count). The Morgan fingerprint density at radius 1 is 0.968 bits per heavy atom. The first-order valence-corrected chi connectivity index (χ1v) is 12.8. The van der Waals surface area contributed by atoms with E-state index in [1.807, 2.05) is 6.92 Å². The molecule has 0 unspecified atom stereocenters. The highest BCUT2D eigenvalue weighted by Crippen LogP contribution is 2.29. The predicted molar refractivity (Wildman–Crippen MR) is 121 cm³/mol. The third kappa shape index (κ3) is 7.10. The normalized spacial score (nSPS) is 11.9. The Kier molecular flexibility index (Phi) is 8.69. The molecule has 0 fully saturated rings. The lowest BCUT2D eigenvalue weighted by atomic mass is 10.2. The van der Waals surface area contributed by atoms with Crippen LogP contribution in [0, 0.1) is 6.92 Å². The summed E-state index contributed by atoms with van der Waals surface area (Å²) in [4.78, 5) is -0.172. The summed E-state index contributed by atoms with van der Waals surface area (Å²) in [5.74, 6) is 0.550. The Labute approximate surface area is 184 Å². The van der Waals surface area contributed by atoms with Crippen LogP contribution in [0.2, 0.25) is 0 Å². The van der Waals surface area contributed by atoms with Crippen molar-refractivity contribution in [1.82, 2.24) is 0 Å². The highest BCUT2D eigenvalue weighted by molar-refractivity contribution is 7.92. The molecule has 2 aromatic rings. The second-order valence-corrected chi connectivity index (χ2v) is 10.2. The van der Waals surface area contributed by atoms with Gasteiger partial charge in [0.25, 0.3) is 10.0 Å². The summed E-state index contributed by atoms with van der Waals surface area (Å²) < 4.78 is 62.4. The summed E-state index contributed by atoms with van der Waals surface area (Å²) in [5.41, 5.74) is 1.19. The van der Waals surface area contributed by atoms with Crippen LogP contribution in [0.4, 0.5) is 11.4 Å². The van der Waals surface area contributed by atoms with Crippen LogP contribution >= 0.6 is 0 Å². The van der Waals surface area contributed by atoms with Crippen molar-refractivity contribution < 1.29 is 26.3 Å². The van der Waals surface area contributed by atoms with Crippen LogP contribution in [-0.2, 0) is 24.8 Å². The average Bonchev–Trinajstić information content (AvgIpc) is 2.69. The summed E-state index contributed by atoms with van der Waals surface area (Å²) in [6, 6.07) is 8.50. The van der Waals surface area contributed by atoms with Crippen molar-refractivity contribution in [3.8, 4) is 5.75 Å². The van der Waals surface area contributed by atoms with Gasteiger partial charge in [-0.05, 0) is 55.3 Å². The van der Waals surface area contributed by atoms with Gasteiger partial charge in [-0.25, -0.2) is 22.0 Å². The number of methoxy groups -OCH3 is 1. The highest BCUT2D eigenvalue weighted by Gasteiger charge is 2.19. The van der Waals surface area contributed by atoms with Crippen molar-refractivity contribution in [3.63, 3.8) is 0 Å². The standard InChI is InChI=1S/C20H29N3O6S2/c1-4-5-10-22-18-8-6-16(30(21,24)25)14-19(18)23-31(26,27)17-7-9-20(15(2)13-17)29-12-11-28-3/h6-9,13-14,22-23H,4-5,10-12H2,1-3H3,(H2,21,24,25). The number of ether oxygens (including phenoxy) is 2. The van der Waals surface area contributed by atoms with Gasteiger partial charge in [0.05, 0.1) is 27.8 Å². The average molecular weight is 472 g/mol. The van der Waals surface area contributed by atoms with E-state index in [1.54, 1.807) is 20.1 Å². The van der Waals surface area contributed by atoms with Gasteiger partial charge in [-0.1, -0.05) is 13.3 Å². The van der Waals surface area contributed by atoms with Crippen LogP contribution in [0.5, 0.6) is 5.75 Å². The molecule has 2 aromatic carbocycles. The van der Waals surface area contributed by atoms with Gasteiger partial charge >= 0.3 is 0 Å². The molecular weight excluding hydrogens is 442 g/mol. The Morgan fingerprint density at radius 3 is 2.29 bits per heavy atom. The van der Waals surface area contributed by atoms with E-state index < -0.39 is 20.0 Å². The lowest BCUT2D eigenvalue weighted by molar-refractivity contribution is 0.146. The predicted octanol–water partition coefficient (Wildman–Crippen LogP) is 2.68. The Balaban J connectivity index is 2.34. The van der Waals surface area contributed by atoms with Crippen molar-refractivity contribution >= 4 is 31.4 Å². The molecule has 0 radical (unpaired) electrons. The van der Waals surface area contributed by atoms with Gasteiger partial charge < -0.3 is 14.8 Å². The molecule has 4 N–H and O–H groups in total. The number of benzene rings is 2. The van der Waals surface area contributed by atoms with E-state index in [4.69, 9.17) is 14.6 Å². The maximum absolute atomic E-state index is 13.0. The Hall–Kier alpha value is -2.34. The van der Waals surface area contributed by atoms with Gasteiger partial charge in [-0.2, -0.15) is 0 Å². The van der Waals surface area contributed by atoms with E-state index in [2.05, 4.69) is 10.0 Å². The second-order valence-electron chi connectivity index (χ2n) is 6.91. The number of primary sulfonamides is 1. The van der Waals surface area contributed by atoms with E-state index in [0.29, 0.717) is 36.8 Å². The third-order valence-electron chi connectivity index (χ3n) is 4.41. The van der Waals surface area contributed by atoms with Crippen LogP contribution in [0.25, 0.3) is 0 Å². The lowest BCUT2D eigenvalue weighted by Crippen LogP contribution is -2.17. The van der Waals surface area contributed by atoms with E-state index in [9.17, 15) is 16.8 Å². The lowest BCUT2D eigenvalue weighted by Gasteiger charge is -2.16. The molecule has 0 aliphatic heterocycles. The van der Waals surface area contributed by atoms with Gasteiger partial charge in [0.2, 0.25) is 10.0 Å². The summed E-state index contributed by atoms with van der Waals surface area (Å²) in [6.45, 7) is 5.12. The first kappa shape index (κ1) is 24.9. The van der Waals surface area contributed by atoms with Crippen LogP contribution in [-0.4, -0.2) is 43.7 Å². The zero-order valence-electron chi connectivity index (χ0n) is 17.8. The number of aryl methyl sites for hydroxylation is 1. The molecule has 0 spiro atoms. The largest absolute Gasteiger partial charge is 0.491 e. The third-order valence-corrected chi connectivity index (χ3v) is 6.69. The molecule has 11 heteroatoms. The molecule has 0 saturated heterocycles. The van der Waals surface area contributed by atoms with Crippen LogP contribution < -0.4 is 19.9 Å².